The average molecular weight is 674 g/mol. The van der Waals surface area contributed by atoms with Gasteiger partial charge in [-0.25, -0.2) is 8.42 Å². The number of hydrogen-bond acceptors (Lipinski definition) is 4. The van der Waals surface area contributed by atoms with Gasteiger partial charge in [-0.15, -0.1) is 0 Å². The van der Waals surface area contributed by atoms with E-state index in [9.17, 15) is 18.0 Å². The normalized spacial score (nSPS) is 12.0. The van der Waals surface area contributed by atoms with Crippen molar-refractivity contribution in [3.63, 3.8) is 0 Å². The fourth-order valence-corrected chi connectivity index (χ4v) is 5.89. The molecule has 0 bridgehead atoms. The van der Waals surface area contributed by atoms with Gasteiger partial charge in [0.15, 0.2) is 0 Å². The lowest BCUT2D eigenvalue weighted by Gasteiger charge is -2.33. The molecule has 0 spiro atoms. The second-order valence-electron chi connectivity index (χ2n) is 8.11. The first-order chi connectivity index (χ1) is 17.6. The number of anilines is 1. The number of nitrogens with zero attached hydrogens (tertiary/aromatic N) is 2. The van der Waals surface area contributed by atoms with Gasteiger partial charge in [0.1, 0.15) is 12.6 Å². The van der Waals surface area contributed by atoms with E-state index in [4.69, 9.17) is 23.2 Å². The maximum absolute atomic E-state index is 13.8. The average Bonchev–Trinajstić information content (AvgIpc) is 2.89. The summed E-state index contributed by atoms with van der Waals surface area (Å²) in [4.78, 5) is 28.0. The van der Waals surface area contributed by atoms with E-state index in [1.165, 1.54) is 24.1 Å². The van der Waals surface area contributed by atoms with Gasteiger partial charge in [0.05, 0.1) is 20.6 Å². The van der Waals surface area contributed by atoms with Gasteiger partial charge in [0.25, 0.3) is 10.0 Å². The summed E-state index contributed by atoms with van der Waals surface area (Å²) in [5, 5.41) is 3.27. The van der Waals surface area contributed by atoms with Gasteiger partial charge in [-0.3, -0.25) is 13.9 Å². The Morgan fingerprint density at radius 1 is 0.973 bits per heavy atom. The molecule has 0 radical (unpaired) electrons. The summed E-state index contributed by atoms with van der Waals surface area (Å²) < 4.78 is 29.4. The van der Waals surface area contributed by atoms with Crippen molar-refractivity contribution in [2.45, 2.75) is 30.8 Å². The van der Waals surface area contributed by atoms with Crippen LogP contribution in [0.5, 0.6) is 0 Å². The molecule has 0 saturated heterocycles. The largest absolute Gasteiger partial charge is 0.357 e. The zero-order chi connectivity index (χ0) is 27.2. The van der Waals surface area contributed by atoms with E-state index in [-0.39, 0.29) is 17.3 Å². The highest BCUT2D eigenvalue weighted by atomic mass is 127. The van der Waals surface area contributed by atoms with Gasteiger partial charge in [-0.2, -0.15) is 0 Å². The predicted molar refractivity (Wildman–Crippen MR) is 155 cm³/mol. The Morgan fingerprint density at radius 2 is 1.62 bits per heavy atom. The fourth-order valence-electron chi connectivity index (χ4n) is 3.78. The van der Waals surface area contributed by atoms with Crippen LogP contribution in [0.1, 0.15) is 18.9 Å². The Kier molecular flexibility index (Phi) is 10.2. The Hall–Kier alpha value is -2.34. The van der Waals surface area contributed by atoms with E-state index >= 15 is 0 Å². The smallest absolute Gasteiger partial charge is 0.264 e. The lowest BCUT2D eigenvalue weighted by atomic mass is 10.1. The molecule has 0 heterocycles. The zero-order valence-corrected chi connectivity index (χ0v) is 24.7. The molecule has 3 aromatic rings. The molecule has 0 aliphatic rings. The molecule has 3 aromatic carbocycles. The van der Waals surface area contributed by atoms with Gasteiger partial charge < -0.3 is 10.2 Å². The maximum atomic E-state index is 13.8. The van der Waals surface area contributed by atoms with Crippen molar-refractivity contribution in [1.82, 2.24) is 10.2 Å². The van der Waals surface area contributed by atoms with E-state index < -0.39 is 28.5 Å². The molecular weight excluding hydrogens is 648 g/mol. The summed E-state index contributed by atoms with van der Waals surface area (Å²) in [6.45, 7) is 1.31. The Balaban J connectivity index is 2.05. The molecule has 3 rings (SSSR count). The number of nitrogens with one attached hydrogen (secondary N) is 1. The number of carbonyl (C=O) groups excluding carboxylic acids is 2. The first kappa shape index (κ1) is 29.2. The fraction of sp³-hybridized carbons (Fsp3) is 0.231. The van der Waals surface area contributed by atoms with Crippen LogP contribution in [0.3, 0.4) is 0 Å². The maximum Gasteiger partial charge on any atom is 0.264 e. The quantitative estimate of drug-likeness (QED) is 0.294. The highest BCUT2D eigenvalue weighted by molar-refractivity contribution is 14.1. The third-order valence-corrected chi connectivity index (χ3v) is 8.94. The van der Waals surface area contributed by atoms with Crippen molar-refractivity contribution in [3.8, 4) is 0 Å². The van der Waals surface area contributed by atoms with Crippen LogP contribution in [-0.4, -0.2) is 44.8 Å². The number of likely N-dealkylation sites (N-methyl/N-ethyl adjacent to an activating group) is 1. The molecule has 37 heavy (non-hydrogen) atoms. The molecule has 0 aliphatic heterocycles. The lowest BCUT2D eigenvalue weighted by Crippen LogP contribution is -2.51. The van der Waals surface area contributed by atoms with Crippen LogP contribution < -0.4 is 9.62 Å². The molecule has 0 unspecified atom stereocenters. The van der Waals surface area contributed by atoms with Crippen molar-refractivity contribution in [2.24, 2.45) is 0 Å². The van der Waals surface area contributed by atoms with Crippen LogP contribution in [0, 0.1) is 3.57 Å². The standard InChI is InChI=1S/C26H26Cl2IN3O4S/c1-3-24(26(34)30-2)31(16-18-9-14-22(27)23(28)15-18)25(33)17-32(20-12-10-19(29)11-13-20)37(35,36)21-7-5-4-6-8-21/h4-15,24H,3,16-17H2,1-2H3,(H,30,34)/t24-/m1/s1. The van der Waals surface area contributed by atoms with Gasteiger partial charge in [-0.1, -0.05) is 54.4 Å². The summed E-state index contributed by atoms with van der Waals surface area (Å²) >= 11 is 14.4. The first-order valence-corrected chi connectivity index (χ1v) is 14.6. The minimum atomic E-state index is -4.09. The monoisotopic (exact) mass is 673 g/mol. The number of benzene rings is 3. The van der Waals surface area contributed by atoms with Gasteiger partial charge in [-0.05, 0) is 83.1 Å². The van der Waals surface area contributed by atoms with Crippen molar-refractivity contribution in [2.75, 3.05) is 17.9 Å². The summed E-state index contributed by atoms with van der Waals surface area (Å²) in [5.41, 5.74) is 0.983. The van der Waals surface area contributed by atoms with Crippen LogP contribution in [0.4, 0.5) is 5.69 Å². The number of rotatable bonds is 10. The Labute approximate surface area is 240 Å². The lowest BCUT2D eigenvalue weighted by molar-refractivity contribution is -0.140. The molecule has 1 N–H and O–H groups in total. The van der Waals surface area contributed by atoms with Crippen molar-refractivity contribution in [3.05, 3.63) is 92.0 Å². The van der Waals surface area contributed by atoms with Crippen molar-refractivity contribution >= 4 is 73.3 Å². The van der Waals surface area contributed by atoms with E-state index in [0.717, 1.165) is 7.88 Å². The van der Waals surface area contributed by atoms with E-state index in [1.807, 2.05) is 0 Å². The molecule has 1 atom stereocenters. The predicted octanol–water partition coefficient (Wildman–Crippen LogP) is 5.35. The first-order valence-electron chi connectivity index (χ1n) is 11.4. The molecule has 0 aliphatic carbocycles. The van der Waals surface area contributed by atoms with E-state index in [2.05, 4.69) is 27.9 Å². The van der Waals surface area contributed by atoms with Crippen LogP contribution in [0.15, 0.2) is 77.7 Å². The highest BCUT2D eigenvalue weighted by Crippen LogP contribution is 2.27. The molecule has 2 amide bonds. The second kappa shape index (κ2) is 12.9. The molecule has 0 aromatic heterocycles. The summed E-state index contributed by atoms with van der Waals surface area (Å²) in [6.07, 6.45) is 0.321. The summed E-state index contributed by atoms with van der Waals surface area (Å²) in [6, 6.07) is 18.9. The minimum absolute atomic E-state index is 0.0353. The third-order valence-electron chi connectivity index (χ3n) is 5.69. The number of hydrogen-bond donors (Lipinski definition) is 1. The Morgan fingerprint density at radius 3 is 2.19 bits per heavy atom. The van der Waals surface area contributed by atoms with Crippen LogP contribution in [0.2, 0.25) is 10.0 Å². The molecule has 196 valence electrons. The van der Waals surface area contributed by atoms with Gasteiger partial charge in [0, 0.05) is 17.2 Å². The number of sulfonamides is 1. The molecular formula is C26H26Cl2IN3O4S. The number of halogens is 3. The van der Waals surface area contributed by atoms with Crippen LogP contribution >= 0.6 is 45.8 Å². The molecule has 7 nitrogen and oxygen atoms in total. The topological polar surface area (TPSA) is 86.8 Å². The van der Waals surface area contributed by atoms with Crippen LogP contribution in [-0.2, 0) is 26.2 Å². The zero-order valence-electron chi connectivity index (χ0n) is 20.2. The van der Waals surface area contributed by atoms with Gasteiger partial charge >= 0.3 is 0 Å². The van der Waals surface area contributed by atoms with E-state index in [1.54, 1.807) is 67.6 Å². The number of amides is 2. The molecule has 11 heteroatoms. The third kappa shape index (κ3) is 7.16. The van der Waals surface area contributed by atoms with E-state index in [0.29, 0.717) is 27.7 Å². The SMILES string of the molecule is CC[C@H](C(=O)NC)N(Cc1ccc(Cl)c(Cl)c1)C(=O)CN(c1ccc(I)cc1)S(=O)(=O)c1ccccc1. The molecule has 0 saturated carbocycles. The highest BCUT2D eigenvalue weighted by Gasteiger charge is 2.33. The molecule has 0 fully saturated rings. The van der Waals surface area contributed by atoms with Gasteiger partial charge in [0.2, 0.25) is 11.8 Å². The van der Waals surface area contributed by atoms with Crippen molar-refractivity contribution in [1.29, 1.82) is 0 Å². The van der Waals surface area contributed by atoms with Crippen LogP contribution in [0.25, 0.3) is 0 Å². The summed E-state index contributed by atoms with van der Waals surface area (Å²) in [5.74, 6) is -0.901. The number of carbonyl (C=O) groups is 2. The summed E-state index contributed by atoms with van der Waals surface area (Å²) in [7, 11) is -2.60. The second-order valence-corrected chi connectivity index (χ2v) is 12.0. The Bertz CT molecular complexity index is 1360. The van der Waals surface area contributed by atoms with Crippen molar-refractivity contribution < 1.29 is 18.0 Å². The minimum Gasteiger partial charge on any atom is -0.357 e.